The summed E-state index contributed by atoms with van der Waals surface area (Å²) in [5.74, 6) is -0.0796. The van der Waals surface area contributed by atoms with Gasteiger partial charge in [0.05, 0.1) is 23.8 Å². The Morgan fingerprint density at radius 1 is 0.974 bits per heavy atom. The summed E-state index contributed by atoms with van der Waals surface area (Å²) in [5, 5.41) is 17.1. The van der Waals surface area contributed by atoms with Gasteiger partial charge in [-0.3, -0.25) is 15.4 Å². The summed E-state index contributed by atoms with van der Waals surface area (Å²) in [6, 6.07) is 20.5. The van der Waals surface area contributed by atoms with Crippen molar-refractivity contribution in [1.29, 1.82) is 0 Å². The maximum absolute atomic E-state index is 14.4. The van der Waals surface area contributed by atoms with Crippen molar-refractivity contribution in [3.05, 3.63) is 126 Å². The molecule has 7 nitrogen and oxygen atoms in total. The minimum Gasteiger partial charge on any atom is -0.508 e. The minimum atomic E-state index is -0.483. The van der Waals surface area contributed by atoms with Gasteiger partial charge in [-0.2, -0.15) is 5.10 Å². The number of aryl methyl sites for hydroxylation is 1. The molecule has 8 heteroatoms. The van der Waals surface area contributed by atoms with E-state index in [4.69, 9.17) is 0 Å². The number of nitrogens with one attached hydrogen (secondary N) is 2. The Balaban J connectivity index is 1.36. The second-order valence-electron chi connectivity index (χ2n) is 8.39. The number of aliphatic imine (C=N–C) groups is 1. The molecular weight excluding hydrogens is 479 g/mol. The van der Waals surface area contributed by atoms with Gasteiger partial charge in [0.1, 0.15) is 23.1 Å². The molecule has 4 aromatic rings. The van der Waals surface area contributed by atoms with Gasteiger partial charge in [-0.15, -0.1) is 0 Å². The molecule has 0 aliphatic heterocycles. The highest BCUT2D eigenvalue weighted by molar-refractivity contribution is 6.11. The zero-order chi connectivity index (χ0) is 26.9. The molecule has 0 radical (unpaired) electrons. The van der Waals surface area contributed by atoms with Crippen LogP contribution in [0.1, 0.15) is 23.7 Å². The van der Waals surface area contributed by atoms with E-state index in [1.807, 2.05) is 55.5 Å². The van der Waals surface area contributed by atoms with Gasteiger partial charge in [-0.05, 0) is 79.1 Å². The van der Waals surface area contributed by atoms with Crippen LogP contribution in [0.25, 0.3) is 11.1 Å². The van der Waals surface area contributed by atoms with Crippen LogP contribution in [0.3, 0.4) is 0 Å². The lowest BCUT2D eigenvalue weighted by Gasteiger charge is -2.08. The molecule has 0 bridgehead atoms. The Hall–Kier alpha value is -5.11. The summed E-state index contributed by atoms with van der Waals surface area (Å²) in [7, 11) is 0. The highest BCUT2D eigenvalue weighted by Gasteiger charge is 2.10. The van der Waals surface area contributed by atoms with E-state index in [-0.39, 0.29) is 17.3 Å². The van der Waals surface area contributed by atoms with Crippen molar-refractivity contribution in [3.63, 3.8) is 0 Å². The van der Waals surface area contributed by atoms with Gasteiger partial charge >= 0.3 is 0 Å². The second-order valence-corrected chi connectivity index (χ2v) is 8.39. The molecule has 0 aliphatic rings. The summed E-state index contributed by atoms with van der Waals surface area (Å²) in [5.41, 5.74) is 8.55. The second kappa shape index (κ2) is 12.2. The number of phenols is 1. The molecule has 4 rings (SSSR count). The van der Waals surface area contributed by atoms with Gasteiger partial charge < -0.3 is 10.4 Å². The fraction of sp³-hybridized carbons (Fsp3) is 0.0667. The number of hydrogen-bond donors (Lipinski definition) is 3. The fourth-order valence-corrected chi connectivity index (χ4v) is 3.56. The average Bonchev–Trinajstić information content (AvgIpc) is 2.93. The van der Waals surface area contributed by atoms with Gasteiger partial charge in [0.2, 0.25) is 0 Å². The lowest BCUT2D eigenvalue weighted by Crippen LogP contribution is -2.09. The van der Waals surface area contributed by atoms with E-state index in [0.717, 1.165) is 28.1 Å². The van der Waals surface area contributed by atoms with Crippen LogP contribution in [-0.4, -0.2) is 27.0 Å². The van der Waals surface area contributed by atoms with Crippen molar-refractivity contribution in [1.82, 2.24) is 15.4 Å². The van der Waals surface area contributed by atoms with Crippen LogP contribution in [0.2, 0.25) is 0 Å². The summed E-state index contributed by atoms with van der Waals surface area (Å²) in [6.07, 6.45) is 7.79. The smallest absolute Gasteiger partial charge is 0.145 e. The zero-order valence-electron chi connectivity index (χ0n) is 21.1. The van der Waals surface area contributed by atoms with E-state index in [1.54, 1.807) is 43.7 Å². The molecule has 0 spiro atoms. The Kier molecular flexibility index (Phi) is 8.35. The van der Waals surface area contributed by atoms with E-state index < -0.39 is 5.83 Å². The quantitative estimate of drug-likeness (QED) is 0.174. The number of anilines is 2. The van der Waals surface area contributed by atoms with Crippen molar-refractivity contribution in [2.24, 2.45) is 10.1 Å². The number of allylic oxidation sites excluding steroid dienone is 2. The van der Waals surface area contributed by atoms with Crippen molar-refractivity contribution >= 4 is 23.3 Å². The molecule has 0 amide bonds. The van der Waals surface area contributed by atoms with Gasteiger partial charge in [-0.1, -0.05) is 30.8 Å². The number of phenolic OH excluding ortho intramolecular Hbond substituents is 1. The summed E-state index contributed by atoms with van der Waals surface area (Å²) < 4.78 is 14.4. The minimum absolute atomic E-state index is 0.125. The molecule has 0 saturated carbocycles. The predicted octanol–water partition coefficient (Wildman–Crippen LogP) is 6.66. The Labute approximate surface area is 220 Å². The Morgan fingerprint density at radius 3 is 2.45 bits per heavy atom. The van der Waals surface area contributed by atoms with Crippen LogP contribution < -0.4 is 10.7 Å². The SMILES string of the molecule is C=C(/N=C(\C(F)=C/C)c1cncc(C)c1)N/N=C/c1ccc(Nc2ccc(-c3cccc(O)c3)cc2)cn1. The highest BCUT2D eigenvalue weighted by atomic mass is 19.1. The van der Waals surface area contributed by atoms with Crippen LogP contribution in [0, 0.1) is 6.92 Å². The van der Waals surface area contributed by atoms with E-state index >= 15 is 0 Å². The van der Waals surface area contributed by atoms with Crippen LogP contribution in [-0.2, 0) is 0 Å². The largest absolute Gasteiger partial charge is 0.508 e. The molecule has 0 fully saturated rings. The number of nitrogens with zero attached hydrogens (tertiary/aromatic N) is 4. The first-order valence-corrected chi connectivity index (χ1v) is 11.8. The average molecular weight is 507 g/mol. The molecular formula is C30H27FN6O. The highest BCUT2D eigenvalue weighted by Crippen LogP contribution is 2.25. The topological polar surface area (TPSA) is 94.8 Å². The standard InChI is InChI=1S/C30H27FN6O/c1-4-29(31)30(24-14-20(2)16-32-17-24)35-21(3)37-34-19-26-12-13-27(18-33-26)36-25-10-8-22(9-11-25)23-6-5-7-28(38)15-23/h4-19,36-38H,3H2,1-2H3/b29-4+,34-19+,35-30-. The molecule has 2 heterocycles. The Bertz CT molecular complexity index is 1510. The lowest BCUT2D eigenvalue weighted by molar-refractivity contribution is 0.475. The van der Waals surface area contributed by atoms with Gasteiger partial charge in [-0.25, -0.2) is 9.38 Å². The van der Waals surface area contributed by atoms with Crippen LogP contribution in [0.15, 0.2) is 120 Å². The third-order valence-corrected chi connectivity index (χ3v) is 5.40. The predicted molar refractivity (Wildman–Crippen MR) is 151 cm³/mol. The third kappa shape index (κ3) is 6.98. The van der Waals surface area contributed by atoms with E-state index in [1.165, 1.54) is 12.3 Å². The van der Waals surface area contributed by atoms with Gasteiger partial charge in [0, 0.05) is 23.6 Å². The van der Waals surface area contributed by atoms with Crippen molar-refractivity contribution < 1.29 is 9.50 Å². The van der Waals surface area contributed by atoms with Crippen molar-refractivity contribution in [3.8, 4) is 16.9 Å². The molecule has 2 aromatic heterocycles. The van der Waals surface area contributed by atoms with Crippen LogP contribution in [0.4, 0.5) is 15.8 Å². The molecule has 0 atom stereocenters. The first-order chi connectivity index (χ1) is 18.4. The lowest BCUT2D eigenvalue weighted by atomic mass is 10.1. The molecule has 3 N–H and O–H groups in total. The maximum atomic E-state index is 14.4. The van der Waals surface area contributed by atoms with E-state index in [0.29, 0.717) is 11.3 Å². The number of aromatic hydroxyl groups is 1. The number of aromatic nitrogens is 2. The van der Waals surface area contributed by atoms with Gasteiger partial charge in [0.15, 0.2) is 0 Å². The normalized spacial score (nSPS) is 12.0. The molecule has 0 saturated heterocycles. The zero-order valence-corrected chi connectivity index (χ0v) is 21.1. The van der Waals surface area contributed by atoms with Gasteiger partial charge in [0.25, 0.3) is 0 Å². The number of benzene rings is 2. The molecule has 38 heavy (non-hydrogen) atoms. The molecule has 2 aromatic carbocycles. The molecule has 0 aliphatic carbocycles. The summed E-state index contributed by atoms with van der Waals surface area (Å²) in [4.78, 5) is 12.7. The number of rotatable bonds is 9. The number of hydrogen-bond acceptors (Lipinski definition) is 7. The Morgan fingerprint density at radius 2 is 1.76 bits per heavy atom. The third-order valence-electron chi connectivity index (χ3n) is 5.40. The first-order valence-electron chi connectivity index (χ1n) is 11.8. The monoisotopic (exact) mass is 506 g/mol. The summed E-state index contributed by atoms with van der Waals surface area (Å²) >= 11 is 0. The fourth-order valence-electron chi connectivity index (χ4n) is 3.56. The number of hydrazone groups is 1. The van der Waals surface area contributed by atoms with Crippen molar-refractivity contribution in [2.75, 3.05) is 5.32 Å². The van der Waals surface area contributed by atoms with Crippen LogP contribution in [0.5, 0.6) is 5.75 Å². The summed E-state index contributed by atoms with van der Waals surface area (Å²) in [6.45, 7) is 7.28. The van der Waals surface area contributed by atoms with Crippen LogP contribution >= 0.6 is 0 Å². The van der Waals surface area contributed by atoms with E-state index in [9.17, 15) is 9.50 Å². The number of halogens is 1. The first kappa shape index (κ1) is 26.0. The maximum Gasteiger partial charge on any atom is 0.145 e. The number of pyridine rings is 2. The molecule has 0 unspecified atom stereocenters. The molecule has 190 valence electrons. The van der Waals surface area contributed by atoms with Crippen molar-refractivity contribution in [2.45, 2.75) is 13.8 Å². The van der Waals surface area contributed by atoms with E-state index in [2.05, 4.69) is 37.4 Å².